The van der Waals surface area contributed by atoms with Crippen molar-refractivity contribution in [3.63, 3.8) is 0 Å². The van der Waals surface area contributed by atoms with Gasteiger partial charge in [0.25, 0.3) is 0 Å². The second-order valence-electron chi connectivity index (χ2n) is 7.84. The van der Waals surface area contributed by atoms with Crippen LogP contribution >= 0.6 is 0 Å². The Bertz CT molecular complexity index is 1410. The maximum Gasteiger partial charge on any atom is 0.249 e. The van der Waals surface area contributed by atoms with Gasteiger partial charge < -0.3 is 14.8 Å². The molecule has 4 rings (SSSR count). The van der Waals surface area contributed by atoms with Crippen LogP contribution in [-0.4, -0.2) is 22.8 Å². The fraction of sp³-hybridized carbons (Fsp3) is 0.111. The molecule has 6 nitrogen and oxygen atoms in total. The van der Waals surface area contributed by atoms with Crippen LogP contribution in [0, 0.1) is 23.3 Å². The largest absolute Gasteiger partial charge is 0.496 e. The molecule has 190 valence electrons. The first kappa shape index (κ1) is 25.5. The number of rotatable bonds is 9. The molecule has 0 radical (unpaired) electrons. The second kappa shape index (κ2) is 11.4. The van der Waals surface area contributed by atoms with Gasteiger partial charge >= 0.3 is 0 Å². The Morgan fingerprint density at radius 1 is 1.00 bits per heavy atom. The molecule has 37 heavy (non-hydrogen) atoms. The zero-order valence-corrected chi connectivity index (χ0v) is 19.6. The van der Waals surface area contributed by atoms with Crippen molar-refractivity contribution in [2.75, 3.05) is 12.4 Å². The zero-order valence-electron chi connectivity index (χ0n) is 19.6. The Labute approximate surface area is 209 Å². The third-order valence-corrected chi connectivity index (χ3v) is 5.28. The van der Waals surface area contributed by atoms with Crippen molar-refractivity contribution in [2.24, 2.45) is 0 Å². The number of anilines is 1. The molecule has 0 saturated carbocycles. The number of halogens is 4. The summed E-state index contributed by atoms with van der Waals surface area (Å²) in [7, 11) is 1.55. The van der Waals surface area contributed by atoms with E-state index in [9.17, 15) is 22.4 Å². The molecule has 0 aliphatic rings. The van der Waals surface area contributed by atoms with E-state index in [1.807, 2.05) is 36.4 Å². The number of carbonyl (C=O) groups excluding carboxylic acids is 1. The molecule has 0 saturated heterocycles. The van der Waals surface area contributed by atoms with Gasteiger partial charge in [-0.05, 0) is 35.9 Å². The van der Waals surface area contributed by atoms with Crippen molar-refractivity contribution in [1.82, 2.24) is 9.78 Å². The number of methoxy groups -OCH3 is 1. The molecule has 3 aromatic carbocycles. The highest BCUT2D eigenvalue weighted by molar-refractivity contribution is 6.01. The predicted octanol–water partition coefficient (Wildman–Crippen LogP) is 5.73. The number of aromatic nitrogens is 2. The van der Waals surface area contributed by atoms with Gasteiger partial charge in [-0.15, -0.1) is 0 Å². The number of ether oxygens (including phenoxy) is 2. The first-order valence-electron chi connectivity index (χ1n) is 11.0. The highest BCUT2D eigenvalue weighted by Gasteiger charge is 2.19. The van der Waals surface area contributed by atoms with E-state index in [1.54, 1.807) is 25.3 Å². The maximum atomic E-state index is 13.9. The van der Waals surface area contributed by atoms with Gasteiger partial charge in [0, 0.05) is 30.0 Å². The van der Waals surface area contributed by atoms with Gasteiger partial charge in [0.2, 0.25) is 5.91 Å². The summed E-state index contributed by atoms with van der Waals surface area (Å²) in [5.41, 5.74) is 0.679. The zero-order chi connectivity index (χ0) is 26.4. The van der Waals surface area contributed by atoms with Gasteiger partial charge in [0.05, 0.1) is 19.2 Å². The molecule has 0 atom stereocenters. The highest BCUT2D eigenvalue weighted by Crippen LogP contribution is 2.23. The molecule has 0 aliphatic heterocycles. The summed E-state index contributed by atoms with van der Waals surface area (Å²) in [4.78, 5) is 12.4. The molecular formula is C27H21F4N3O3. The lowest BCUT2D eigenvalue weighted by Crippen LogP contribution is -2.11. The molecule has 0 aliphatic carbocycles. The Balaban J connectivity index is 1.40. The topological polar surface area (TPSA) is 65.4 Å². The van der Waals surface area contributed by atoms with Crippen molar-refractivity contribution < 1.29 is 31.8 Å². The minimum Gasteiger partial charge on any atom is -0.496 e. The normalized spacial score (nSPS) is 11.1. The third-order valence-electron chi connectivity index (χ3n) is 5.28. The molecule has 0 bridgehead atoms. The van der Waals surface area contributed by atoms with E-state index in [1.165, 1.54) is 18.3 Å². The lowest BCUT2D eigenvalue weighted by atomic mass is 10.1. The van der Waals surface area contributed by atoms with Crippen LogP contribution in [0.4, 0.5) is 23.4 Å². The Hall–Kier alpha value is -4.60. The fourth-order valence-electron chi connectivity index (χ4n) is 3.47. The van der Waals surface area contributed by atoms with Crippen molar-refractivity contribution in [1.29, 1.82) is 0 Å². The van der Waals surface area contributed by atoms with E-state index in [-0.39, 0.29) is 18.5 Å². The van der Waals surface area contributed by atoms with Crippen LogP contribution in [0.25, 0.3) is 6.08 Å². The molecule has 0 fully saturated rings. The number of hydrogen-bond acceptors (Lipinski definition) is 4. The smallest absolute Gasteiger partial charge is 0.249 e. The standard InChI is InChI=1S/C27H21F4N3O3/c1-36-23-9-7-17(13-18(23)16-37-19-5-3-2-4-6-19)8-10-25(35)32-24-11-12-34(33-24)15-20-26(30)21(28)14-22(29)27(20)31/h2-14H,15-16H2,1H3,(H,32,33,35)/b10-8+. The van der Waals surface area contributed by atoms with Gasteiger partial charge in [-0.3, -0.25) is 9.48 Å². The molecule has 1 N–H and O–H groups in total. The van der Waals surface area contributed by atoms with Crippen LogP contribution in [0.3, 0.4) is 0 Å². The summed E-state index contributed by atoms with van der Waals surface area (Å²) in [6, 6.07) is 16.2. The van der Waals surface area contributed by atoms with E-state index in [0.717, 1.165) is 10.2 Å². The predicted molar refractivity (Wildman–Crippen MR) is 129 cm³/mol. The van der Waals surface area contributed by atoms with Crippen molar-refractivity contribution in [2.45, 2.75) is 13.2 Å². The van der Waals surface area contributed by atoms with E-state index < -0.39 is 41.3 Å². The average Bonchev–Trinajstić information content (AvgIpc) is 3.34. The number of nitrogens with one attached hydrogen (secondary N) is 1. The number of carbonyl (C=O) groups is 1. The van der Waals surface area contributed by atoms with Crippen LogP contribution in [-0.2, 0) is 17.9 Å². The summed E-state index contributed by atoms with van der Waals surface area (Å²) in [5, 5.41) is 6.48. The number of para-hydroxylation sites is 1. The molecule has 1 heterocycles. The average molecular weight is 511 g/mol. The van der Waals surface area contributed by atoms with Crippen LogP contribution in [0.5, 0.6) is 11.5 Å². The third kappa shape index (κ3) is 6.35. The fourth-order valence-corrected chi connectivity index (χ4v) is 3.47. The SMILES string of the molecule is COc1ccc(/C=C/C(=O)Nc2ccn(Cc3c(F)c(F)cc(F)c3F)n2)cc1COc1ccccc1. The van der Waals surface area contributed by atoms with Crippen molar-refractivity contribution in [3.05, 3.63) is 113 Å². The van der Waals surface area contributed by atoms with Crippen LogP contribution in [0.1, 0.15) is 16.7 Å². The van der Waals surface area contributed by atoms with Crippen LogP contribution in [0.15, 0.2) is 72.9 Å². The lowest BCUT2D eigenvalue weighted by Gasteiger charge is -2.11. The Morgan fingerprint density at radius 2 is 1.73 bits per heavy atom. The maximum absolute atomic E-state index is 13.9. The van der Waals surface area contributed by atoms with Gasteiger partial charge in [-0.2, -0.15) is 5.10 Å². The monoisotopic (exact) mass is 511 g/mol. The van der Waals surface area contributed by atoms with Crippen LogP contribution < -0.4 is 14.8 Å². The summed E-state index contributed by atoms with van der Waals surface area (Å²) >= 11 is 0. The van der Waals surface area contributed by atoms with Gasteiger partial charge in [-0.25, -0.2) is 17.6 Å². The summed E-state index contributed by atoms with van der Waals surface area (Å²) < 4.78 is 66.9. The number of hydrogen-bond donors (Lipinski definition) is 1. The van der Waals surface area contributed by atoms with Crippen molar-refractivity contribution in [3.8, 4) is 11.5 Å². The number of amides is 1. The van der Waals surface area contributed by atoms with Crippen molar-refractivity contribution >= 4 is 17.8 Å². The van der Waals surface area contributed by atoms with E-state index in [2.05, 4.69) is 10.4 Å². The molecular weight excluding hydrogens is 490 g/mol. The first-order valence-corrected chi connectivity index (χ1v) is 11.0. The minimum atomic E-state index is -1.51. The highest BCUT2D eigenvalue weighted by atomic mass is 19.2. The van der Waals surface area contributed by atoms with E-state index in [0.29, 0.717) is 17.1 Å². The summed E-state index contributed by atoms with van der Waals surface area (Å²) in [6.07, 6.45) is 4.17. The van der Waals surface area contributed by atoms with Crippen LogP contribution in [0.2, 0.25) is 0 Å². The molecule has 4 aromatic rings. The minimum absolute atomic E-state index is 0.0824. The number of benzene rings is 3. The molecule has 0 unspecified atom stereocenters. The molecule has 0 spiro atoms. The summed E-state index contributed by atoms with van der Waals surface area (Å²) in [6.45, 7) is -0.313. The second-order valence-corrected chi connectivity index (χ2v) is 7.84. The van der Waals surface area contributed by atoms with E-state index >= 15 is 0 Å². The number of nitrogens with zero attached hydrogens (tertiary/aromatic N) is 2. The lowest BCUT2D eigenvalue weighted by molar-refractivity contribution is -0.111. The molecule has 10 heteroatoms. The van der Waals surface area contributed by atoms with Gasteiger partial charge in [0.15, 0.2) is 29.1 Å². The quantitative estimate of drug-likeness (QED) is 0.177. The molecule has 1 amide bonds. The molecule has 1 aromatic heterocycles. The van der Waals surface area contributed by atoms with Gasteiger partial charge in [-0.1, -0.05) is 24.3 Å². The van der Waals surface area contributed by atoms with Gasteiger partial charge in [0.1, 0.15) is 18.1 Å². The first-order chi connectivity index (χ1) is 17.8. The van der Waals surface area contributed by atoms with E-state index in [4.69, 9.17) is 9.47 Å². The summed E-state index contributed by atoms with van der Waals surface area (Å²) in [5.74, 6) is -5.12. The Morgan fingerprint density at radius 3 is 2.43 bits per heavy atom. The Kier molecular flexibility index (Phi) is 7.87.